The minimum Gasteiger partial charge on any atom is -0.492 e. The summed E-state index contributed by atoms with van der Waals surface area (Å²) in [5.41, 5.74) is 0.124. The summed E-state index contributed by atoms with van der Waals surface area (Å²) in [5, 5.41) is 0. The summed E-state index contributed by atoms with van der Waals surface area (Å²) in [7, 11) is 1.43. The minimum atomic E-state index is -0.562. The van der Waals surface area contributed by atoms with Crippen molar-refractivity contribution < 1.29 is 19.1 Å². The Bertz CT molecular complexity index is 720. The van der Waals surface area contributed by atoms with Crippen LogP contribution in [0.5, 0.6) is 0 Å². The highest BCUT2D eigenvalue weighted by Gasteiger charge is 2.62. The Kier molecular flexibility index (Phi) is 3.67. The number of methoxy groups -OCH3 is 1. The van der Waals surface area contributed by atoms with Crippen LogP contribution in [0.2, 0.25) is 0 Å². The van der Waals surface area contributed by atoms with Gasteiger partial charge in [0.1, 0.15) is 0 Å². The smallest absolute Gasteiger partial charge is 0.225 e. The number of hydrogen-bond donors (Lipinski definition) is 0. The summed E-state index contributed by atoms with van der Waals surface area (Å²) in [6, 6.07) is 0. The van der Waals surface area contributed by atoms with Crippen LogP contribution in [0.4, 0.5) is 0 Å². The summed E-state index contributed by atoms with van der Waals surface area (Å²) in [6.45, 7) is 9.84. The van der Waals surface area contributed by atoms with E-state index >= 15 is 0 Å². The Morgan fingerprint density at radius 2 is 1.67 bits per heavy atom. The van der Waals surface area contributed by atoms with Crippen LogP contribution < -0.4 is 0 Å². The van der Waals surface area contributed by atoms with Crippen LogP contribution in [0, 0.1) is 22.7 Å². The predicted molar refractivity (Wildman–Crippen MR) is 90.1 cm³/mol. The molecule has 4 nitrogen and oxygen atoms in total. The molecule has 0 aromatic rings. The standard InChI is InChI=1S/C20H26O4/c1-10(2)11-14(21)12-13(16(23)17(11)24-6)20(5)9-7-8-19(3,4)18(20)15(12)22/h10,18H,7-9H2,1-6H3/t18-,20-/m1/s1. The molecule has 1 saturated carbocycles. The van der Waals surface area contributed by atoms with Crippen LogP contribution in [-0.2, 0) is 19.1 Å². The third kappa shape index (κ3) is 1.95. The molecule has 0 radical (unpaired) electrons. The van der Waals surface area contributed by atoms with Crippen LogP contribution in [-0.4, -0.2) is 24.5 Å². The fraction of sp³-hybridized carbons (Fsp3) is 0.650. The molecule has 0 N–H and O–H groups in total. The Morgan fingerprint density at radius 3 is 2.21 bits per heavy atom. The molecule has 0 aliphatic heterocycles. The summed E-state index contributed by atoms with van der Waals surface area (Å²) in [6.07, 6.45) is 2.65. The lowest BCUT2D eigenvalue weighted by Crippen LogP contribution is -2.44. The first-order chi connectivity index (χ1) is 11.1. The maximum absolute atomic E-state index is 13.2. The van der Waals surface area contributed by atoms with Crippen molar-refractivity contribution in [3.63, 3.8) is 0 Å². The van der Waals surface area contributed by atoms with E-state index < -0.39 is 5.41 Å². The molecule has 2 atom stereocenters. The number of ether oxygens (including phenoxy) is 1. The van der Waals surface area contributed by atoms with Gasteiger partial charge in [0.25, 0.3) is 0 Å². The molecule has 3 rings (SSSR count). The molecule has 0 aromatic heterocycles. The topological polar surface area (TPSA) is 60.4 Å². The average molecular weight is 330 g/mol. The number of hydrogen-bond acceptors (Lipinski definition) is 4. The highest BCUT2D eigenvalue weighted by Crippen LogP contribution is 2.61. The average Bonchev–Trinajstić information content (AvgIpc) is 2.71. The van der Waals surface area contributed by atoms with Crippen molar-refractivity contribution in [3.8, 4) is 0 Å². The van der Waals surface area contributed by atoms with Crippen LogP contribution >= 0.6 is 0 Å². The van der Waals surface area contributed by atoms with Crippen LogP contribution in [0.15, 0.2) is 22.5 Å². The second kappa shape index (κ2) is 5.14. The normalized spacial score (nSPS) is 32.5. The van der Waals surface area contributed by atoms with Gasteiger partial charge in [0, 0.05) is 22.5 Å². The number of rotatable bonds is 2. The zero-order valence-electron chi connectivity index (χ0n) is 15.4. The molecule has 130 valence electrons. The van der Waals surface area contributed by atoms with Crippen molar-refractivity contribution in [3.05, 3.63) is 22.5 Å². The van der Waals surface area contributed by atoms with Crippen LogP contribution in [0.25, 0.3) is 0 Å². The Labute approximate surface area is 143 Å². The van der Waals surface area contributed by atoms with Crippen molar-refractivity contribution in [1.82, 2.24) is 0 Å². The first-order valence-corrected chi connectivity index (χ1v) is 8.74. The Balaban J connectivity index is 2.24. The maximum Gasteiger partial charge on any atom is 0.225 e. The van der Waals surface area contributed by atoms with Crippen molar-refractivity contribution in [2.75, 3.05) is 7.11 Å². The molecule has 24 heavy (non-hydrogen) atoms. The van der Waals surface area contributed by atoms with E-state index in [0.29, 0.717) is 11.1 Å². The van der Waals surface area contributed by atoms with Crippen LogP contribution in [0.1, 0.15) is 53.9 Å². The summed E-state index contributed by atoms with van der Waals surface area (Å²) >= 11 is 0. The second-order valence-electron chi connectivity index (χ2n) is 8.57. The van der Waals surface area contributed by atoms with Gasteiger partial charge in [-0.05, 0) is 24.2 Å². The van der Waals surface area contributed by atoms with Gasteiger partial charge in [-0.15, -0.1) is 0 Å². The highest BCUT2D eigenvalue weighted by molar-refractivity contribution is 6.38. The first-order valence-electron chi connectivity index (χ1n) is 8.74. The number of ketones is 3. The van der Waals surface area contributed by atoms with Gasteiger partial charge in [0.2, 0.25) is 5.78 Å². The van der Waals surface area contributed by atoms with E-state index in [4.69, 9.17) is 4.74 Å². The Hall–Kier alpha value is -1.71. The molecule has 0 amide bonds. The molecule has 0 unspecified atom stereocenters. The lowest BCUT2D eigenvalue weighted by Gasteiger charge is -2.47. The molecule has 1 fully saturated rings. The summed E-state index contributed by atoms with van der Waals surface area (Å²) < 4.78 is 5.33. The largest absolute Gasteiger partial charge is 0.492 e. The van der Waals surface area contributed by atoms with Crippen molar-refractivity contribution in [2.24, 2.45) is 22.7 Å². The molecular weight excluding hydrogens is 304 g/mol. The molecule has 3 aliphatic rings. The van der Waals surface area contributed by atoms with Crippen LogP contribution in [0.3, 0.4) is 0 Å². The van der Waals surface area contributed by atoms with E-state index in [2.05, 4.69) is 13.8 Å². The quantitative estimate of drug-likeness (QED) is 0.575. The van der Waals surface area contributed by atoms with E-state index in [0.717, 1.165) is 19.3 Å². The monoisotopic (exact) mass is 330 g/mol. The van der Waals surface area contributed by atoms with Gasteiger partial charge in [-0.2, -0.15) is 0 Å². The molecule has 0 saturated heterocycles. The molecule has 0 heterocycles. The Morgan fingerprint density at radius 1 is 1.04 bits per heavy atom. The second-order valence-corrected chi connectivity index (χ2v) is 8.57. The van der Waals surface area contributed by atoms with E-state index in [1.807, 2.05) is 20.8 Å². The highest BCUT2D eigenvalue weighted by atomic mass is 16.5. The van der Waals surface area contributed by atoms with Gasteiger partial charge in [0.15, 0.2) is 17.3 Å². The molecule has 0 bridgehead atoms. The first kappa shape index (κ1) is 17.1. The van der Waals surface area contributed by atoms with Crippen molar-refractivity contribution in [2.45, 2.75) is 53.9 Å². The maximum atomic E-state index is 13.2. The van der Waals surface area contributed by atoms with Crippen molar-refractivity contribution >= 4 is 17.3 Å². The molecule has 0 aromatic carbocycles. The number of carbonyl (C=O) groups is 3. The third-order valence-corrected chi connectivity index (χ3v) is 6.20. The summed E-state index contributed by atoms with van der Waals surface area (Å²) in [5.74, 6) is -1.03. The SMILES string of the molecule is COC1=C(C(C)C)C(=O)C2=C(C1=O)[C@@]1(C)CCCC(C)(C)[C@H]1C2=O. The van der Waals surface area contributed by atoms with Gasteiger partial charge in [-0.25, -0.2) is 0 Å². The van der Waals surface area contributed by atoms with Gasteiger partial charge in [-0.3, -0.25) is 14.4 Å². The van der Waals surface area contributed by atoms with Gasteiger partial charge in [0.05, 0.1) is 12.7 Å². The van der Waals surface area contributed by atoms with Crippen molar-refractivity contribution in [1.29, 1.82) is 0 Å². The predicted octanol–water partition coefficient (Wildman–Crippen LogP) is 3.41. The van der Waals surface area contributed by atoms with E-state index in [-0.39, 0.29) is 45.9 Å². The van der Waals surface area contributed by atoms with Gasteiger partial charge in [-0.1, -0.05) is 41.0 Å². The van der Waals surface area contributed by atoms with E-state index in [1.54, 1.807) is 0 Å². The number of Topliss-reactive ketones (excluding diaryl/α,β-unsaturated/α-hetero) is 3. The number of fused-ring (bicyclic) bond motifs is 2. The summed E-state index contributed by atoms with van der Waals surface area (Å²) in [4.78, 5) is 39.5. The lowest BCUT2D eigenvalue weighted by molar-refractivity contribution is -0.128. The fourth-order valence-electron chi connectivity index (χ4n) is 5.33. The van der Waals surface area contributed by atoms with Gasteiger partial charge < -0.3 is 4.74 Å². The zero-order valence-corrected chi connectivity index (χ0v) is 15.4. The molecule has 4 heteroatoms. The molecule has 3 aliphatic carbocycles. The zero-order chi connectivity index (χ0) is 18.0. The van der Waals surface area contributed by atoms with Gasteiger partial charge >= 0.3 is 0 Å². The third-order valence-electron chi connectivity index (χ3n) is 6.20. The number of allylic oxidation sites excluding steroid dienone is 3. The lowest BCUT2D eigenvalue weighted by atomic mass is 9.55. The molecular formula is C20H26O4. The fourth-order valence-corrected chi connectivity index (χ4v) is 5.33. The molecule has 0 spiro atoms. The minimum absolute atomic E-state index is 0.131. The van der Waals surface area contributed by atoms with E-state index in [1.165, 1.54) is 7.11 Å². The number of carbonyl (C=O) groups excluding carboxylic acids is 3. The van der Waals surface area contributed by atoms with E-state index in [9.17, 15) is 14.4 Å².